The molecule has 288 valence electrons. The quantitative estimate of drug-likeness (QED) is 0.0495. The lowest BCUT2D eigenvalue weighted by atomic mass is 9.99. The number of aromatic nitrogens is 4. The summed E-state index contributed by atoms with van der Waals surface area (Å²) in [5.41, 5.74) is 2.82. The molecule has 0 bridgehead atoms. The van der Waals surface area contributed by atoms with E-state index in [0.29, 0.717) is 52.1 Å². The Morgan fingerprint density at radius 3 is 2.50 bits per heavy atom. The van der Waals surface area contributed by atoms with Gasteiger partial charge in [-0.15, -0.1) is 0 Å². The van der Waals surface area contributed by atoms with Crippen LogP contribution in [-0.4, -0.2) is 82.3 Å². The Kier molecular flexibility index (Phi) is 11.9. The van der Waals surface area contributed by atoms with Gasteiger partial charge < -0.3 is 34.0 Å². The average molecular weight is 799 g/mol. The van der Waals surface area contributed by atoms with Crippen LogP contribution < -0.4 is 20.3 Å². The van der Waals surface area contributed by atoms with Crippen molar-refractivity contribution in [3.63, 3.8) is 0 Å². The van der Waals surface area contributed by atoms with Crippen molar-refractivity contribution < 1.29 is 23.7 Å². The van der Waals surface area contributed by atoms with Gasteiger partial charge in [0.2, 0.25) is 0 Å². The molecule has 1 unspecified atom stereocenters. The minimum Gasteiger partial charge on any atom is -0.495 e. The summed E-state index contributed by atoms with van der Waals surface area (Å²) in [5, 5.41) is 15.4. The summed E-state index contributed by atoms with van der Waals surface area (Å²) in [6.45, 7) is 2.82. The number of hydrogen-bond acceptors (Lipinski definition) is 11. The number of carbonyl (C=O) groups excluding carboxylic acids is 1. The van der Waals surface area contributed by atoms with Crippen LogP contribution in [0.3, 0.4) is 0 Å². The number of aliphatic imine (C=N–C) groups is 1. The third kappa shape index (κ3) is 8.62. The number of rotatable bonds is 15. The highest BCUT2D eigenvalue weighted by molar-refractivity contribution is 6.41. The van der Waals surface area contributed by atoms with Crippen molar-refractivity contribution in [2.24, 2.45) is 4.99 Å². The SMILES string of the molecule is COc1cc(OC)c(Cl)c(-c2cc3cnc(Nc4ccncn4)cc3n(C(C)c3cccc(CC(=O)/C=C/C[N+](C)(C)CC4=C([N+](=O)[O-])N=CC4)c3)c2=O)c1Cl. The lowest BCUT2D eigenvalue weighted by molar-refractivity contribution is -0.880. The number of fused-ring (bicyclic) bond motifs is 1. The lowest BCUT2D eigenvalue weighted by Crippen LogP contribution is -2.41. The molecule has 0 saturated heterocycles. The van der Waals surface area contributed by atoms with Gasteiger partial charge in [0.05, 0.1) is 67.6 Å². The van der Waals surface area contributed by atoms with Crippen molar-refractivity contribution in [1.82, 2.24) is 19.5 Å². The van der Waals surface area contributed by atoms with Crippen LogP contribution in [0.1, 0.15) is 30.5 Å². The second-order valence-corrected chi connectivity index (χ2v) is 14.6. The van der Waals surface area contributed by atoms with Crippen molar-refractivity contribution >= 4 is 57.7 Å². The Morgan fingerprint density at radius 1 is 1.07 bits per heavy atom. The number of nitrogens with zero attached hydrogens (tertiary/aromatic N) is 7. The third-order valence-corrected chi connectivity index (χ3v) is 10.1. The fraction of sp³-hybridized carbons (Fsp3) is 0.250. The minimum atomic E-state index is -0.550. The summed E-state index contributed by atoms with van der Waals surface area (Å²) in [7, 11) is 6.81. The zero-order valence-corrected chi connectivity index (χ0v) is 32.8. The number of allylic oxidation sites excluding steroid dienone is 1. The van der Waals surface area contributed by atoms with E-state index in [1.807, 2.05) is 45.3 Å². The number of halogens is 2. The summed E-state index contributed by atoms with van der Waals surface area (Å²) in [6.07, 6.45) is 10.1. The normalized spacial score (nSPS) is 13.4. The largest absolute Gasteiger partial charge is 0.495 e. The molecule has 3 aromatic heterocycles. The average Bonchev–Trinajstić information content (AvgIpc) is 3.63. The predicted octanol–water partition coefficient (Wildman–Crippen LogP) is 7.24. The molecule has 1 aliphatic heterocycles. The van der Waals surface area contributed by atoms with E-state index in [1.54, 1.807) is 59.6 Å². The molecule has 14 nitrogen and oxygen atoms in total. The fourth-order valence-electron chi connectivity index (χ4n) is 6.64. The molecule has 16 heteroatoms. The molecule has 0 saturated carbocycles. The number of carbonyl (C=O) groups is 1. The summed E-state index contributed by atoms with van der Waals surface area (Å²) in [6, 6.07) is 13.7. The Hall–Kier alpha value is -5.96. The Morgan fingerprint density at radius 2 is 1.82 bits per heavy atom. The van der Waals surface area contributed by atoms with E-state index in [0.717, 1.165) is 11.1 Å². The summed E-state index contributed by atoms with van der Waals surface area (Å²) in [4.78, 5) is 55.5. The smallest absolute Gasteiger partial charge is 0.368 e. The molecule has 1 atom stereocenters. The third-order valence-electron chi connectivity index (χ3n) is 9.36. The molecule has 0 fully saturated rings. The number of benzene rings is 2. The first-order valence-corrected chi connectivity index (χ1v) is 18.2. The minimum absolute atomic E-state index is 0.100. The van der Waals surface area contributed by atoms with Gasteiger partial charge in [0.1, 0.15) is 42.2 Å². The van der Waals surface area contributed by atoms with Gasteiger partial charge in [-0.3, -0.25) is 9.59 Å². The van der Waals surface area contributed by atoms with Crippen LogP contribution >= 0.6 is 23.2 Å². The van der Waals surface area contributed by atoms with Crippen molar-refractivity contribution in [2.45, 2.75) is 25.8 Å². The van der Waals surface area contributed by atoms with E-state index in [1.165, 1.54) is 20.5 Å². The maximum Gasteiger partial charge on any atom is 0.368 e. The van der Waals surface area contributed by atoms with Crippen molar-refractivity contribution in [2.75, 3.05) is 46.7 Å². The van der Waals surface area contributed by atoms with Gasteiger partial charge in [-0.2, -0.15) is 0 Å². The summed E-state index contributed by atoms with van der Waals surface area (Å²) >= 11 is 13.7. The molecule has 4 heterocycles. The van der Waals surface area contributed by atoms with Crippen LogP contribution in [0.2, 0.25) is 10.0 Å². The molecule has 0 amide bonds. The molecule has 2 aromatic carbocycles. The highest BCUT2D eigenvalue weighted by atomic mass is 35.5. The van der Waals surface area contributed by atoms with Gasteiger partial charge in [0.15, 0.2) is 5.78 Å². The zero-order valence-electron chi connectivity index (χ0n) is 31.3. The van der Waals surface area contributed by atoms with Crippen LogP contribution in [0, 0.1) is 10.1 Å². The number of pyridine rings is 2. The summed E-state index contributed by atoms with van der Waals surface area (Å²) in [5.74, 6) is 1.31. The highest BCUT2D eigenvalue weighted by Gasteiger charge is 2.29. The lowest BCUT2D eigenvalue weighted by Gasteiger charge is -2.28. The maximum absolute atomic E-state index is 14.8. The van der Waals surface area contributed by atoms with Gasteiger partial charge in [-0.25, -0.2) is 15.0 Å². The molecule has 0 radical (unpaired) electrons. The molecule has 0 aliphatic carbocycles. The number of nitro groups is 1. The van der Waals surface area contributed by atoms with Gasteiger partial charge in [-0.1, -0.05) is 52.5 Å². The molecule has 1 aliphatic rings. The first-order chi connectivity index (χ1) is 26.8. The number of quaternary nitrogens is 1. The topological polar surface area (TPSA) is 164 Å². The van der Waals surface area contributed by atoms with Crippen LogP contribution in [-0.2, 0) is 11.2 Å². The van der Waals surface area contributed by atoms with E-state index in [9.17, 15) is 19.7 Å². The Bertz CT molecular complexity index is 2460. The number of anilines is 2. The Balaban J connectivity index is 1.34. The fourth-order valence-corrected chi connectivity index (χ4v) is 7.35. The number of likely N-dealkylation sites (N-methyl/N-ethyl adjacent to an activating group) is 1. The molecule has 5 aromatic rings. The second-order valence-electron chi connectivity index (χ2n) is 13.8. The van der Waals surface area contributed by atoms with Crippen LogP contribution in [0.15, 0.2) is 101 Å². The van der Waals surface area contributed by atoms with Gasteiger partial charge in [0.25, 0.3) is 5.56 Å². The van der Waals surface area contributed by atoms with Gasteiger partial charge in [0, 0.05) is 48.3 Å². The number of ether oxygens (including phenoxy) is 2. The number of ketones is 1. The molecule has 6 rings (SSSR count). The van der Waals surface area contributed by atoms with Crippen molar-refractivity contribution in [1.29, 1.82) is 0 Å². The number of methoxy groups -OCH3 is 2. The molecule has 56 heavy (non-hydrogen) atoms. The Labute approximate surface area is 332 Å². The van der Waals surface area contributed by atoms with Crippen LogP contribution in [0.25, 0.3) is 22.0 Å². The molecule has 0 spiro atoms. The first kappa shape index (κ1) is 39.7. The van der Waals surface area contributed by atoms with Crippen LogP contribution in [0.5, 0.6) is 11.5 Å². The number of hydrogen-bond donors (Lipinski definition) is 1. The van der Waals surface area contributed by atoms with Crippen molar-refractivity contribution in [3.8, 4) is 22.6 Å². The monoisotopic (exact) mass is 797 g/mol. The predicted molar refractivity (Wildman–Crippen MR) is 217 cm³/mol. The van der Waals surface area contributed by atoms with E-state index in [2.05, 4.69) is 25.3 Å². The van der Waals surface area contributed by atoms with E-state index >= 15 is 0 Å². The zero-order chi connectivity index (χ0) is 40.1. The summed E-state index contributed by atoms with van der Waals surface area (Å²) < 4.78 is 13.1. The highest BCUT2D eigenvalue weighted by Crippen LogP contribution is 2.45. The second kappa shape index (κ2) is 16.8. The molecular formula is C40H39Cl2N8O6+. The number of nitrogens with one attached hydrogen (secondary N) is 1. The first-order valence-electron chi connectivity index (χ1n) is 17.5. The standard InChI is InChI=1S/C40H38Cl2N8O6/c1-24(26-9-6-8-25(16-26)17-29(51)10-7-15-50(2,3)22-27-11-14-44-39(27)49(53)54)48-31-19-35(47-34-12-13-43-23-46-34)45-21-28(31)18-30(40(48)52)36-37(41)32(55-4)20-33(56-5)38(36)42/h6-10,12-14,16,18-21,23-24H,11,15,17,22H2,1-5H3/p+1/b10-7+. The maximum atomic E-state index is 14.8. The van der Waals surface area contributed by atoms with Gasteiger partial charge in [-0.05, 0) is 47.3 Å². The molecule has 1 N–H and O–H groups in total. The van der Waals surface area contributed by atoms with Crippen molar-refractivity contribution in [3.05, 3.63) is 132 Å². The van der Waals surface area contributed by atoms with E-state index in [4.69, 9.17) is 32.7 Å². The van der Waals surface area contributed by atoms with Gasteiger partial charge >= 0.3 is 5.82 Å². The van der Waals surface area contributed by atoms with E-state index in [-0.39, 0.29) is 50.7 Å². The van der Waals surface area contributed by atoms with Crippen LogP contribution in [0.4, 0.5) is 11.6 Å². The molecular weight excluding hydrogens is 759 g/mol. The van der Waals surface area contributed by atoms with E-state index < -0.39 is 16.5 Å².